The largest absolute Gasteiger partial charge is 0.544 e. The fraction of sp³-hybridized carbons (Fsp3) is 0.467. The van der Waals surface area contributed by atoms with Crippen LogP contribution in [0, 0.1) is 0 Å². The molecule has 1 amide bonds. The molecule has 128 valence electrons. The van der Waals surface area contributed by atoms with Crippen molar-refractivity contribution in [1.29, 1.82) is 0 Å². The summed E-state index contributed by atoms with van der Waals surface area (Å²) in [7, 11) is 4.05. The van der Waals surface area contributed by atoms with Gasteiger partial charge in [0.15, 0.2) is 0 Å². The summed E-state index contributed by atoms with van der Waals surface area (Å²) < 4.78 is 0. The molecule has 6 nitrogen and oxygen atoms in total. The van der Waals surface area contributed by atoms with Gasteiger partial charge in [0, 0.05) is 11.4 Å². The molecule has 0 aliphatic rings. The molecule has 1 rings (SSSR count). The van der Waals surface area contributed by atoms with Gasteiger partial charge in [-0.2, -0.15) is 0 Å². The van der Waals surface area contributed by atoms with Gasteiger partial charge in [-0.05, 0) is 18.2 Å². The molecule has 0 heterocycles. The van der Waals surface area contributed by atoms with Crippen molar-refractivity contribution in [2.75, 3.05) is 32.5 Å². The second-order valence-corrected chi connectivity index (χ2v) is 6.48. The van der Waals surface area contributed by atoms with Crippen molar-refractivity contribution in [3.8, 4) is 0 Å². The smallest absolute Gasteiger partial charge is 0.230 e. The highest BCUT2D eigenvalue weighted by molar-refractivity contribution is 6.35. The average molecular weight is 363 g/mol. The molecule has 1 atom stereocenters. The van der Waals surface area contributed by atoms with Crippen molar-refractivity contribution in [2.24, 2.45) is 0 Å². The van der Waals surface area contributed by atoms with E-state index in [4.69, 9.17) is 23.2 Å². The molecular formula is C15H22Cl2N3O3+. The van der Waals surface area contributed by atoms with Gasteiger partial charge in [0.2, 0.25) is 5.91 Å². The Morgan fingerprint density at radius 2 is 2.04 bits per heavy atom. The molecule has 1 aromatic rings. The zero-order chi connectivity index (χ0) is 17.4. The van der Waals surface area contributed by atoms with E-state index in [1.807, 2.05) is 14.1 Å². The minimum Gasteiger partial charge on any atom is -0.544 e. The highest BCUT2D eigenvalue weighted by atomic mass is 35.5. The minimum atomic E-state index is -1.26. The molecule has 0 unspecified atom stereocenters. The second kappa shape index (κ2) is 9.72. The van der Waals surface area contributed by atoms with Crippen LogP contribution in [0.2, 0.25) is 10.0 Å². The van der Waals surface area contributed by atoms with Gasteiger partial charge in [-0.25, -0.2) is 0 Å². The van der Waals surface area contributed by atoms with Crippen LogP contribution in [-0.4, -0.2) is 45.1 Å². The molecule has 8 heteroatoms. The molecule has 0 saturated heterocycles. The number of anilines is 1. The van der Waals surface area contributed by atoms with Crippen LogP contribution in [0.4, 0.5) is 5.69 Å². The molecule has 0 aliphatic carbocycles. The second-order valence-electron chi connectivity index (χ2n) is 5.64. The van der Waals surface area contributed by atoms with E-state index in [0.29, 0.717) is 22.3 Å². The number of carbonyl (C=O) groups excluding carboxylic acids is 2. The van der Waals surface area contributed by atoms with Crippen LogP contribution >= 0.6 is 23.2 Å². The quantitative estimate of drug-likeness (QED) is 0.469. The molecule has 4 N–H and O–H groups in total. The Balaban J connectivity index is 2.53. The predicted molar refractivity (Wildman–Crippen MR) is 87.6 cm³/mol. The molecule has 0 bridgehead atoms. The normalized spacial score (nSPS) is 12.2. The fourth-order valence-electron chi connectivity index (χ4n) is 2.03. The summed E-state index contributed by atoms with van der Waals surface area (Å²) in [6.07, 6.45) is 0.661. The minimum absolute atomic E-state index is 0.194. The van der Waals surface area contributed by atoms with Gasteiger partial charge in [-0.3, -0.25) is 4.79 Å². The third-order valence-corrected chi connectivity index (χ3v) is 3.81. The fourth-order valence-corrected chi connectivity index (χ4v) is 2.37. The van der Waals surface area contributed by atoms with E-state index < -0.39 is 17.9 Å². The zero-order valence-corrected chi connectivity index (χ0v) is 14.7. The van der Waals surface area contributed by atoms with Crippen molar-refractivity contribution >= 4 is 40.8 Å². The van der Waals surface area contributed by atoms with Crippen molar-refractivity contribution in [2.45, 2.75) is 18.9 Å². The number of nitrogens with one attached hydrogen (secondary N) is 2. The maximum atomic E-state index is 12.0. The first-order valence-corrected chi connectivity index (χ1v) is 8.13. The Hall–Kier alpha value is -1.34. The Bertz CT molecular complexity index is 553. The Labute approximate surface area is 145 Å². The molecular weight excluding hydrogens is 341 g/mol. The molecule has 0 aliphatic heterocycles. The Morgan fingerprint density at radius 3 is 2.65 bits per heavy atom. The number of carboxylic acid groups (broad SMARTS) is 1. The number of amides is 1. The van der Waals surface area contributed by atoms with Crippen LogP contribution in [-0.2, 0) is 9.59 Å². The van der Waals surface area contributed by atoms with Gasteiger partial charge in [0.1, 0.15) is 6.04 Å². The van der Waals surface area contributed by atoms with Crippen LogP contribution in [0.5, 0.6) is 0 Å². The summed E-state index contributed by atoms with van der Waals surface area (Å²) in [6.45, 7) is 1.55. The number of halogens is 2. The lowest BCUT2D eigenvalue weighted by atomic mass is 10.2. The predicted octanol–water partition coefficient (Wildman–Crippen LogP) is -1.46. The maximum Gasteiger partial charge on any atom is 0.230 e. The first-order chi connectivity index (χ1) is 10.8. The van der Waals surface area contributed by atoms with Crippen LogP contribution < -0.4 is 20.6 Å². The van der Waals surface area contributed by atoms with Gasteiger partial charge in [0.05, 0.1) is 50.3 Å². The molecule has 23 heavy (non-hydrogen) atoms. The summed E-state index contributed by atoms with van der Waals surface area (Å²) in [5, 5.41) is 16.1. The van der Waals surface area contributed by atoms with Gasteiger partial charge >= 0.3 is 0 Å². The van der Waals surface area contributed by atoms with Crippen molar-refractivity contribution in [3.63, 3.8) is 0 Å². The van der Waals surface area contributed by atoms with Gasteiger partial charge < -0.3 is 25.4 Å². The molecule has 0 saturated carbocycles. The lowest BCUT2D eigenvalue weighted by molar-refractivity contribution is -0.860. The van der Waals surface area contributed by atoms with Crippen molar-refractivity contribution in [3.05, 3.63) is 28.2 Å². The first-order valence-electron chi connectivity index (χ1n) is 7.37. The lowest BCUT2D eigenvalue weighted by Gasteiger charge is -2.17. The highest BCUT2D eigenvalue weighted by Gasteiger charge is 2.19. The summed E-state index contributed by atoms with van der Waals surface area (Å²) in [5.41, 5.74) is 0.359. The molecule has 0 radical (unpaired) electrons. The number of nitrogens with two attached hydrogens (primary N) is 1. The molecule has 0 spiro atoms. The molecule has 0 aromatic heterocycles. The summed E-state index contributed by atoms with van der Waals surface area (Å²) in [4.78, 5) is 24.5. The van der Waals surface area contributed by atoms with Crippen molar-refractivity contribution < 1.29 is 24.9 Å². The monoisotopic (exact) mass is 362 g/mol. The van der Waals surface area contributed by atoms with E-state index in [0.717, 1.165) is 13.0 Å². The number of benzene rings is 1. The van der Waals surface area contributed by atoms with E-state index in [2.05, 4.69) is 5.32 Å². The number of carbonyl (C=O) groups is 2. The third kappa shape index (κ3) is 7.65. The van der Waals surface area contributed by atoms with Crippen LogP contribution in [0.25, 0.3) is 0 Å². The Kier molecular flexibility index (Phi) is 8.33. The zero-order valence-electron chi connectivity index (χ0n) is 13.2. The van der Waals surface area contributed by atoms with Crippen LogP contribution in [0.1, 0.15) is 12.8 Å². The topological polar surface area (TPSA) is 90.3 Å². The maximum absolute atomic E-state index is 12.0. The average Bonchev–Trinajstić information content (AvgIpc) is 2.45. The standard InChI is InChI=1S/C15H21Cl2N3O3/c1-20(2)7-3-6-18-13(15(22)23)9-14(21)19-12-8-10(16)4-5-11(12)17/h4-5,8,13,18H,3,6-7,9H2,1-2H3,(H,19,21)(H,22,23)/p+1/t13-/m1/s1. The van der Waals surface area contributed by atoms with Gasteiger partial charge in [-0.15, -0.1) is 0 Å². The van der Waals surface area contributed by atoms with Gasteiger partial charge in [0.25, 0.3) is 0 Å². The lowest BCUT2D eigenvalue weighted by Crippen LogP contribution is -3.06. The number of quaternary nitrogens is 2. The van der Waals surface area contributed by atoms with Crippen LogP contribution in [0.3, 0.4) is 0 Å². The number of aliphatic carboxylic acids is 1. The highest BCUT2D eigenvalue weighted by Crippen LogP contribution is 2.25. The van der Waals surface area contributed by atoms with E-state index in [-0.39, 0.29) is 6.42 Å². The van der Waals surface area contributed by atoms with Crippen molar-refractivity contribution in [1.82, 2.24) is 0 Å². The first kappa shape index (κ1) is 19.7. The number of rotatable bonds is 9. The number of hydrogen-bond acceptors (Lipinski definition) is 3. The van der Waals surface area contributed by atoms with E-state index in [1.165, 1.54) is 11.0 Å². The van der Waals surface area contributed by atoms with E-state index >= 15 is 0 Å². The number of carboxylic acids is 1. The van der Waals surface area contributed by atoms with Crippen LogP contribution in [0.15, 0.2) is 18.2 Å². The molecule has 1 aromatic carbocycles. The Morgan fingerprint density at radius 1 is 1.35 bits per heavy atom. The summed E-state index contributed by atoms with van der Waals surface area (Å²) in [5.74, 6) is -1.70. The molecule has 0 fully saturated rings. The third-order valence-electron chi connectivity index (χ3n) is 3.24. The SMILES string of the molecule is C[NH+](C)CCC[NH2+][C@H](CC(=O)Nc1cc(Cl)ccc1Cl)C(=O)[O-]. The summed E-state index contributed by atoms with van der Waals surface area (Å²) in [6, 6.07) is 3.75. The van der Waals surface area contributed by atoms with E-state index in [1.54, 1.807) is 17.4 Å². The number of hydrogen-bond donors (Lipinski definition) is 3. The van der Waals surface area contributed by atoms with E-state index in [9.17, 15) is 14.7 Å². The summed E-state index contributed by atoms with van der Waals surface area (Å²) >= 11 is 11.8. The van der Waals surface area contributed by atoms with Gasteiger partial charge in [-0.1, -0.05) is 23.2 Å².